The van der Waals surface area contributed by atoms with Crippen LogP contribution in [0.3, 0.4) is 0 Å². The summed E-state index contributed by atoms with van der Waals surface area (Å²) in [5.74, 6) is 0.0232. The maximum atomic E-state index is 12.0. The van der Waals surface area contributed by atoms with Gasteiger partial charge in [-0.25, -0.2) is 4.79 Å². The highest BCUT2D eigenvalue weighted by molar-refractivity contribution is 5.87. The molecule has 0 saturated carbocycles. The third-order valence-electron chi connectivity index (χ3n) is 4.35. The van der Waals surface area contributed by atoms with Crippen LogP contribution >= 0.6 is 0 Å². The maximum absolute atomic E-state index is 12.0. The van der Waals surface area contributed by atoms with Crippen molar-refractivity contribution in [2.45, 2.75) is 52.1 Å². The number of rotatable bonds is 3. The van der Waals surface area contributed by atoms with Crippen molar-refractivity contribution in [3.63, 3.8) is 0 Å². The van der Waals surface area contributed by atoms with Crippen molar-refractivity contribution in [3.8, 4) is 0 Å². The topological polar surface area (TPSA) is 26.3 Å². The zero-order valence-electron chi connectivity index (χ0n) is 12.7. The first-order chi connectivity index (χ1) is 9.44. The van der Waals surface area contributed by atoms with E-state index in [0.717, 1.165) is 25.7 Å². The summed E-state index contributed by atoms with van der Waals surface area (Å²) in [5, 5.41) is 0. The van der Waals surface area contributed by atoms with Crippen molar-refractivity contribution in [1.29, 1.82) is 0 Å². The van der Waals surface area contributed by atoms with Crippen LogP contribution in [0.5, 0.6) is 0 Å². The SMILES string of the molecule is C=C(C)C(=O)OC1(C(C)C)CCCc2ccccc2C1. The van der Waals surface area contributed by atoms with Crippen molar-refractivity contribution in [2.24, 2.45) is 5.92 Å². The summed E-state index contributed by atoms with van der Waals surface area (Å²) in [7, 11) is 0. The van der Waals surface area contributed by atoms with Crippen LogP contribution in [0.4, 0.5) is 0 Å². The number of carbonyl (C=O) groups is 1. The molecule has 2 rings (SSSR count). The number of benzene rings is 1. The summed E-state index contributed by atoms with van der Waals surface area (Å²) in [5.41, 5.74) is 2.78. The molecule has 0 bridgehead atoms. The summed E-state index contributed by atoms with van der Waals surface area (Å²) in [6, 6.07) is 8.50. The molecule has 108 valence electrons. The second-order valence-corrected chi connectivity index (χ2v) is 6.19. The first-order valence-corrected chi connectivity index (χ1v) is 7.40. The number of esters is 1. The Morgan fingerprint density at radius 3 is 2.55 bits per heavy atom. The Labute approximate surface area is 121 Å². The predicted octanol–water partition coefficient (Wildman–Crippen LogP) is 4.08. The lowest BCUT2D eigenvalue weighted by Crippen LogP contribution is -2.42. The largest absolute Gasteiger partial charge is 0.455 e. The van der Waals surface area contributed by atoms with Crippen molar-refractivity contribution in [1.82, 2.24) is 0 Å². The minimum atomic E-state index is -0.400. The number of ether oxygens (including phenoxy) is 1. The van der Waals surface area contributed by atoms with Crippen LogP contribution in [0, 0.1) is 5.92 Å². The number of fused-ring (bicyclic) bond motifs is 1. The molecule has 0 fully saturated rings. The molecule has 1 atom stereocenters. The summed E-state index contributed by atoms with van der Waals surface area (Å²) in [6.45, 7) is 9.69. The fraction of sp³-hybridized carbons (Fsp3) is 0.500. The van der Waals surface area contributed by atoms with Crippen LogP contribution in [0.2, 0.25) is 0 Å². The second-order valence-electron chi connectivity index (χ2n) is 6.19. The molecule has 2 heteroatoms. The molecule has 0 heterocycles. The highest BCUT2D eigenvalue weighted by Crippen LogP contribution is 2.36. The van der Waals surface area contributed by atoms with E-state index in [2.05, 4.69) is 44.7 Å². The van der Waals surface area contributed by atoms with E-state index in [-0.39, 0.29) is 11.9 Å². The Morgan fingerprint density at radius 2 is 1.95 bits per heavy atom. The van der Waals surface area contributed by atoms with Crippen LogP contribution in [-0.2, 0) is 22.4 Å². The Bertz CT molecular complexity index is 516. The fourth-order valence-electron chi connectivity index (χ4n) is 2.93. The molecular formula is C18H24O2. The van der Waals surface area contributed by atoms with Crippen LogP contribution in [0.25, 0.3) is 0 Å². The van der Waals surface area contributed by atoms with Crippen LogP contribution in [0.15, 0.2) is 36.4 Å². The molecule has 0 N–H and O–H groups in total. The van der Waals surface area contributed by atoms with Gasteiger partial charge in [0.05, 0.1) is 0 Å². The number of hydrogen-bond donors (Lipinski definition) is 0. The smallest absolute Gasteiger partial charge is 0.333 e. The first kappa shape index (κ1) is 14.8. The summed E-state index contributed by atoms with van der Waals surface area (Å²) in [6.07, 6.45) is 3.84. The van der Waals surface area contributed by atoms with Gasteiger partial charge in [-0.1, -0.05) is 44.7 Å². The first-order valence-electron chi connectivity index (χ1n) is 7.40. The van der Waals surface area contributed by atoms with Gasteiger partial charge in [-0.05, 0) is 43.2 Å². The molecule has 0 saturated heterocycles. The lowest BCUT2D eigenvalue weighted by Gasteiger charge is -2.36. The average molecular weight is 272 g/mol. The van der Waals surface area contributed by atoms with Gasteiger partial charge >= 0.3 is 5.97 Å². The van der Waals surface area contributed by atoms with E-state index in [9.17, 15) is 4.79 Å². The van der Waals surface area contributed by atoms with E-state index in [4.69, 9.17) is 4.74 Å². The van der Waals surface area contributed by atoms with Gasteiger partial charge in [-0.15, -0.1) is 0 Å². The van der Waals surface area contributed by atoms with Crippen LogP contribution in [-0.4, -0.2) is 11.6 Å². The van der Waals surface area contributed by atoms with Crippen LogP contribution < -0.4 is 0 Å². The van der Waals surface area contributed by atoms with Crippen molar-refractivity contribution in [3.05, 3.63) is 47.5 Å². The molecule has 1 unspecified atom stereocenters. The molecule has 1 aliphatic carbocycles. The third-order valence-corrected chi connectivity index (χ3v) is 4.35. The van der Waals surface area contributed by atoms with E-state index < -0.39 is 5.60 Å². The molecule has 0 aliphatic heterocycles. The maximum Gasteiger partial charge on any atom is 0.333 e. The average Bonchev–Trinajstić information content (AvgIpc) is 2.58. The van der Waals surface area contributed by atoms with Crippen molar-refractivity contribution >= 4 is 5.97 Å². The highest BCUT2D eigenvalue weighted by Gasteiger charge is 2.39. The number of hydrogen-bond acceptors (Lipinski definition) is 2. The highest BCUT2D eigenvalue weighted by atomic mass is 16.6. The predicted molar refractivity (Wildman–Crippen MR) is 81.6 cm³/mol. The standard InChI is InChI=1S/C18H24O2/c1-13(2)17(19)20-18(14(3)4)11-7-10-15-8-5-6-9-16(15)12-18/h5-6,8-9,14H,1,7,10-12H2,2-4H3. The normalized spacial score (nSPS) is 22.0. The molecule has 0 spiro atoms. The van der Waals surface area contributed by atoms with Gasteiger partial charge in [0.25, 0.3) is 0 Å². The Morgan fingerprint density at radius 1 is 1.30 bits per heavy atom. The van der Waals surface area contributed by atoms with E-state index in [1.807, 2.05) is 0 Å². The molecule has 1 aromatic carbocycles. The Balaban J connectivity index is 2.33. The lowest BCUT2D eigenvalue weighted by molar-refractivity contribution is -0.161. The zero-order valence-corrected chi connectivity index (χ0v) is 12.7. The molecule has 2 nitrogen and oxygen atoms in total. The minimum absolute atomic E-state index is 0.266. The molecule has 20 heavy (non-hydrogen) atoms. The molecule has 0 amide bonds. The van der Waals surface area contributed by atoms with E-state index in [0.29, 0.717) is 5.57 Å². The molecule has 1 aliphatic rings. The monoisotopic (exact) mass is 272 g/mol. The van der Waals surface area contributed by atoms with Gasteiger partial charge in [-0.3, -0.25) is 0 Å². The lowest BCUT2D eigenvalue weighted by atomic mass is 9.81. The third kappa shape index (κ3) is 2.95. The number of aryl methyl sites for hydroxylation is 1. The van der Waals surface area contributed by atoms with E-state index >= 15 is 0 Å². The summed E-state index contributed by atoms with van der Waals surface area (Å²) >= 11 is 0. The van der Waals surface area contributed by atoms with Gasteiger partial charge in [0.15, 0.2) is 0 Å². The fourth-order valence-corrected chi connectivity index (χ4v) is 2.93. The van der Waals surface area contributed by atoms with E-state index in [1.54, 1.807) is 6.92 Å². The molecule has 1 aromatic rings. The minimum Gasteiger partial charge on any atom is -0.455 e. The quantitative estimate of drug-likeness (QED) is 0.471. The molecule has 0 aromatic heterocycles. The second kappa shape index (κ2) is 5.82. The molecule has 0 radical (unpaired) electrons. The van der Waals surface area contributed by atoms with Gasteiger partial charge in [0.2, 0.25) is 0 Å². The van der Waals surface area contributed by atoms with Gasteiger partial charge in [0, 0.05) is 12.0 Å². The van der Waals surface area contributed by atoms with Crippen molar-refractivity contribution in [2.75, 3.05) is 0 Å². The Kier molecular flexibility index (Phi) is 4.32. The summed E-state index contributed by atoms with van der Waals surface area (Å²) < 4.78 is 5.90. The Hall–Kier alpha value is -1.57. The van der Waals surface area contributed by atoms with Crippen LogP contribution in [0.1, 0.15) is 44.7 Å². The summed E-state index contributed by atoms with van der Waals surface area (Å²) in [4.78, 5) is 12.0. The van der Waals surface area contributed by atoms with Crippen molar-refractivity contribution < 1.29 is 9.53 Å². The van der Waals surface area contributed by atoms with Gasteiger partial charge < -0.3 is 4.74 Å². The van der Waals surface area contributed by atoms with Gasteiger partial charge in [-0.2, -0.15) is 0 Å². The van der Waals surface area contributed by atoms with Gasteiger partial charge in [0.1, 0.15) is 5.60 Å². The number of carbonyl (C=O) groups excluding carboxylic acids is 1. The molecular weight excluding hydrogens is 248 g/mol. The zero-order chi connectivity index (χ0) is 14.8. The van der Waals surface area contributed by atoms with E-state index in [1.165, 1.54) is 11.1 Å².